The molecule has 1 fully saturated rings. The van der Waals surface area contributed by atoms with Crippen molar-refractivity contribution in [3.8, 4) is 11.5 Å². The maximum Gasteiger partial charge on any atom is 0.243 e. The Bertz CT molecular complexity index is 902. The van der Waals surface area contributed by atoms with E-state index < -0.39 is 11.8 Å². The van der Waals surface area contributed by atoms with Crippen LogP contribution in [-0.4, -0.2) is 66.8 Å². The SMILES string of the molecule is CCOc1ccc(NC(=O)CN(C)C(=O)CN2C(=O)[C@H]3CC=CC[C@H]3C2=O)cc1OCC. The number of likely N-dealkylation sites (tertiary alicyclic amines) is 1. The number of allylic oxidation sites excluding steroid dienone is 2. The van der Waals surface area contributed by atoms with Crippen LogP contribution in [-0.2, 0) is 19.2 Å². The smallest absolute Gasteiger partial charge is 0.243 e. The Morgan fingerprint density at radius 2 is 1.62 bits per heavy atom. The fourth-order valence-electron chi connectivity index (χ4n) is 3.91. The van der Waals surface area contributed by atoms with Crippen molar-refractivity contribution in [3.05, 3.63) is 30.4 Å². The number of benzene rings is 1. The van der Waals surface area contributed by atoms with Crippen LogP contribution < -0.4 is 14.8 Å². The van der Waals surface area contributed by atoms with Crippen LogP contribution in [0, 0.1) is 11.8 Å². The summed E-state index contributed by atoms with van der Waals surface area (Å²) in [5.74, 6) is -1.18. The van der Waals surface area contributed by atoms with Crippen LogP contribution in [0.1, 0.15) is 26.7 Å². The second-order valence-electron chi connectivity index (χ2n) is 7.74. The molecule has 0 unspecified atom stereocenters. The zero-order chi connectivity index (χ0) is 23.3. The average molecular weight is 444 g/mol. The van der Waals surface area contributed by atoms with Gasteiger partial charge in [0.2, 0.25) is 23.6 Å². The molecule has 3 rings (SSSR count). The first kappa shape index (κ1) is 23.3. The number of nitrogens with zero attached hydrogens (tertiary/aromatic N) is 2. The second kappa shape index (κ2) is 10.3. The van der Waals surface area contributed by atoms with Gasteiger partial charge in [-0.3, -0.25) is 24.1 Å². The minimum atomic E-state index is -0.477. The van der Waals surface area contributed by atoms with Crippen molar-refractivity contribution in [2.75, 3.05) is 38.7 Å². The Kier molecular flexibility index (Phi) is 7.50. The number of likely N-dealkylation sites (N-methyl/N-ethyl adjacent to an activating group) is 1. The molecule has 0 aromatic heterocycles. The highest BCUT2D eigenvalue weighted by Crippen LogP contribution is 2.35. The number of fused-ring (bicyclic) bond motifs is 1. The fraction of sp³-hybridized carbons (Fsp3) is 0.478. The van der Waals surface area contributed by atoms with E-state index in [0.29, 0.717) is 43.2 Å². The van der Waals surface area contributed by atoms with Gasteiger partial charge in [-0.05, 0) is 38.8 Å². The number of anilines is 1. The van der Waals surface area contributed by atoms with Crippen molar-refractivity contribution in [2.24, 2.45) is 11.8 Å². The molecular formula is C23H29N3O6. The van der Waals surface area contributed by atoms with E-state index in [0.717, 1.165) is 4.90 Å². The highest BCUT2D eigenvalue weighted by molar-refractivity contribution is 6.07. The molecule has 1 heterocycles. The average Bonchev–Trinajstić information content (AvgIpc) is 3.01. The van der Waals surface area contributed by atoms with Crippen molar-refractivity contribution in [2.45, 2.75) is 26.7 Å². The Labute approximate surface area is 187 Å². The standard InChI is InChI=1S/C23H29N3O6/c1-4-31-18-11-10-15(12-19(18)32-5-2)24-20(27)13-25(3)21(28)14-26-22(29)16-8-6-7-9-17(16)23(26)30/h6-7,10-12,16-17H,4-5,8-9,13-14H2,1-3H3,(H,24,27)/t16-,17+. The van der Waals surface area contributed by atoms with E-state index in [-0.39, 0.29) is 36.7 Å². The lowest BCUT2D eigenvalue weighted by Gasteiger charge is -2.21. The Morgan fingerprint density at radius 3 is 2.22 bits per heavy atom. The van der Waals surface area contributed by atoms with Gasteiger partial charge in [-0.15, -0.1) is 0 Å². The lowest BCUT2D eigenvalue weighted by atomic mass is 9.85. The molecule has 2 aliphatic rings. The number of hydrogen-bond donors (Lipinski definition) is 1. The van der Waals surface area contributed by atoms with Crippen LogP contribution in [0.2, 0.25) is 0 Å². The molecule has 1 saturated heterocycles. The third kappa shape index (κ3) is 5.09. The molecule has 1 N–H and O–H groups in total. The largest absolute Gasteiger partial charge is 0.490 e. The van der Waals surface area contributed by atoms with Crippen molar-refractivity contribution in [1.82, 2.24) is 9.80 Å². The van der Waals surface area contributed by atoms with Crippen molar-refractivity contribution >= 4 is 29.3 Å². The Morgan fingerprint density at radius 1 is 1.03 bits per heavy atom. The number of rotatable bonds is 9. The summed E-state index contributed by atoms with van der Waals surface area (Å²) in [6, 6.07) is 5.05. The molecule has 4 amide bonds. The minimum Gasteiger partial charge on any atom is -0.490 e. The monoisotopic (exact) mass is 443 g/mol. The summed E-state index contributed by atoms with van der Waals surface area (Å²) in [7, 11) is 1.46. The zero-order valence-electron chi connectivity index (χ0n) is 18.6. The van der Waals surface area contributed by atoms with E-state index in [1.165, 1.54) is 11.9 Å². The topological polar surface area (TPSA) is 105 Å². The van der Waals surface area contributed by atoms with E-state index in [1.54, 1.807) is 18.2 Å². The van der Waals surface area contributed by atoms with Crippen LogP contribution in [0.3, 0.4) is 0 Å². The predicted molar refractivity (Wildman–Crippen MR) is 117 cm³/mol. The minimum absolute atomic E-state index is 0.222. The molecule has 0 bridgehead atoms. The molecule has 0 saturated carbocycles. The summed E-state index contributed by atoms with van der Waals surface area (Å²) in [6.45, 7) is 4.07. The van der Waals surface area contributed by atoms with Gasteiger partial charge >= 0.3 is 0 Å². The van der Waals surface area contributed by atoms with Gasteiger partial charge in [-0.2, -0.15) is 0 Å². The fourth-order valence-corrected chi connectivity index (χ4v) is 3.91. The van der Waals surface area contributed by atoms with E-state index in [2.05, 4.69) is 5.32 Å². The van der Waals surface area contributed by atoms with Crippen LogP contribution in [0.15, 0.2) is 30.4 Å². The molecular weight excluding hydrogens is 414 g/mol. The van der Waals surface area contributed by atoms with Crippen molar-refractivity contribution in [1.29, 1.82) is 0 Å². The third-order valence-corrected chi connectivity index (χ3v) is 5.53. The molecule has 32 heavy (non-hydrogen) atoms. The van der Waals surface area contributed by atoms with Crippen LogP contribution in [0.4, 0.5) is 5.69 Å². The molecule has 1 aliphatic heterocycles. The first-order valence-corrected chi connectivity index (χ1v) is 10.8. The quantitative estimate of drug-likeness (QED) is 0.461. The third-order valence-electron chi connectivity index (χ3n) is 5.53. The van der Waals surface area contributed by atoms with Crippen molar-refractivity contribution in [3.63, 3.8) is 0 Å². The normalized spacial score (nSPS) is 19.5. The van der Waals surface area contributed by atoms with Crippen LogP contribution in [0.5, 0.6) is 11.5 Å². The van der Waals surface area contributed by atoms with Gasteiger partial charge < -0.3 is 19.7 Å². The summed E-state index contributed by atoms with van der Waals surface area (Å²) in [4.78, 5) is 52.3. The van der Waals surface area contributed by atoms with Gasteiger partial charge in [-0.25, -0.2) is 0 Å². The number of amides is 4. The first-order chi connectivity index (χ1) is 15.3. The Balaban J connectivity index is 1.56. The number of carbonyl (C=O) groups excluding carboxylic acids is 4. The number of nitrogens with one attached hydrogen (secondary N) is 1. The maximum atomic E-state index is 12.6. The first-order valence-electron chi connectivity index (χ1n) is 10.8. The molecule has 1 aromatic rings. The van der Waals surface area contributed by atoms with E-state index in [1.807, 2.05) is 26.0 Å². The molecule has 1 aliphatic carbocycles. The van der Waals surface area contributed by atoms with Gasteiger partial charge in [0.25, 0.3) is 0 Å². The maximum absolute atomic E-state index is 12.6. The van der Waals surface area contributed by atoms with Crippen molar-refractivity contribution < 1.29 is 28.7 Å². The molecule has 2 atom stereocenters. The molecule has 9 heteroatoms. The van der Waals surface area contributed by atoms with Gasteiger partial charge in [0.1, 0.15) is 6.54 Å². The van der Waals surface area contributed by atoms with Gasteiger partial charge in [0.15, 0.2) is 11.5 Å². The van der Waals surface area contributed by atoms with E-state index in [9.17, 15) is 19.2 Å². The second-order valence-corrected chi connectivity index (χ2v) is 7.74. The lowest BCUT2D eigenvalue weighted by Crippen LogP contribution is -2.44. The summed E-state index contributed by atoms with van der Waals surface area (Å²) >= 11 is 0. The van der Waals surface area contributed by atoms with Gasteiger partial charge in [0.05, 0.1) is 31.6 Å². The number of carbonyl (C=O) groups is 4. The zero-order valence-corrected chi connectivity index (χ0v) is 18.6. The predicted octanol–water partition coefficient (Wildman–Crippen LogP) is 1.83. The highest BCUT2D eigenvalue weighted by atomic mass is 16.5. The van der Waals surface area contributed by atoms with Crippen LogP contribution in [0.25, 0.3) is 0 Å². The summed E-state index contributed by atoms with van der Waals surface area (Å²) in [5.41, 5.74) is 0.504. The lowest BCUT2D eigenvalue weighted by molar-refractivity contribution is -0.146. The Hall–Kier alpha value is -3.36. The number of hydrogen-bond acceptors (Lipinski definition) is 6. The molecule has 172 valence electrons. The van der Waals surface area contributed by atoms with E-state index in [4.69, 9.17) is 9.47 Å². The summed E-state index contributed by atoms with van der Waals surface area (Å²) in [6.07, 6.45) is 4.83. The van der Waals surface area contributed by atoms with E-state index >= 15 is 0 Å². The molecule has 0 spiro atoms. The summed E-state index contributed by atoms with van der Waals surface area (Å²) < 4.78 is 11.1. The van der Waals surface area contributed by atoms with Gasteiger partial charge in [-0.1, -0.05) is 12.2 Å². The van der Waals surface area contributed by atoms with Crippen LogP contribution >= 0.6 is 0 Å². The number of imide groups is 1. The molecule has 9 nitrogen and oxygen atoms in total. The summed E-state index contributed by atoms with van der Waals surface area (Å²) in [5, 5.41) is 2.72. The highest BCUT2D eigenvalue weighted by Gasteiger charge is 2.47. The molecule has 0 radical (unpaired) electrons. The van der Waals surface area contributed by atoms with Gasteiger partial charge in [0, 0.05) is 18.8 Å². The number of ether oxygens (including phenoxy) is 2. The molecule has 1 aromatic carbocycles.